The van der Waals surface area contributed by atoms with E-state index < -0.39 is 0 Å². The summed E-state index contributed by atoms with van der Waals surface area (Å²) in [6, 6.07) is 9.05. The topological polar surface area (TPSA) is 61.4 Å². The second-order valence-electron chi connectivity index (χ2n) is 2.95. The van der Waals surface area contributed by atoms with Crippen LogP contribution < -0.4 is 10.0 Å². The fourth-order valence-corrected chi connectivity index (χ4v) is 1.77. The predicted octanol–water partition coefficient (Wildman–Crippen LogP) is 1.21. The summed E-state index contributed by atoms with van der Waals surface area (Å²) >= 11 is 1.10. The Labute approximate surface area is 91.1 Å². The molecule has 3 amide bonds. The second-order valence-corrected chi connectivity index (χ2v) is 3.78. The first-order valence-corrected chi connectivity index (χ1v) is 5.12. The van der Waals surface area contributed by atoms with Crippen LogP contribution in [0.4, 0.5) is 10.5 Å². The third-order valence-electron chi connectivity index (χ3n) is 1.81. The van der Waals surface area contributed by atoms with Gasteiger partial charge in [0.25, 0.3) is 0 Å². The molecule has 1 saturated heterocycles. The average molecular weight is 223 g/mol. The van der Waals surface area contributed by atoms with E-state index in [0.29, 0.717) is 0 Å². The van der Waals surface area contributed by atoms with Gasteiger partial charge in [-0.3, -0.25) is 10.1 Å². The van der Waals surface area contributed by atoms with Crippen molar-refractivity contribution >= 4 is 29.8 Å². The number of para-hydroxylation sites is 1. The molecule has 1 aliphatic rings. The molecule has 1 aliphatic heterocycles. The lowest BCUT2D eigenvalue weighted by molar-refractivity contribution is -0.118. The maximum absolute atomic E-state index is 11.1. The number of nitrogens with zero attached hydrogens (tertiary/aromatic N) is 1. The molecule has 78 valence electrons. The molecule has 6 heteroatoms. The Morgan fingerprint density at radius 2 is 2.00 bits per heavy atom. The Kier molecular flexibility index (Phi) is 2.77. The van der Waals surface area contributed by atoms with Crippen LogP contribution in [-0.4, -0.2) is 22.8 Å². The summed E-state index contributed by atoms with van der Waals surface area (Å²) in [5, 5.41) is 2.19. The average Bonchev–Trinajstić information content (AvgIpc) is 2.56. The van der Waals surface area contributed by atoms with E-state index in [2.05, 4.69) is 10.0 Å². The van der Waals surface area contributed by atoms with Gasteiger partial charge in [-0.15, -0.1) is 0 Å². The molecule has 0 atom stereocenters. The van der Waals surface area contributed by atoms with E-state index in [4.69, 9.17) is 0 Å². The molecule has 1 fully saturated rings. The fourth-order valence-electron chi connectivity index (χ4n) is 1.11. The lowest BCUT2D eigenvalue weighted by Gasteiger charge is -2.12. The van der Waals surface area contributed by atoms with Crippen molar-refractivity contribution in [1.29, 1.82) is 0 Å². The Morgan fingerprint density at radius 1 is 1.27 bits per heavy atom. The SMILES string of the molecule is O=C1CN(SNc2ccccc2)C(=O)N1. The van der Waals surface area contributed by atoms with Gasteiger partial charge in [0.2, 0.25) is 5.91 Å². The van der Waals surface area contributed by atoms with Crippen LogP contribution >= 0.6 is 12.1 Å². The first-order chi connectivity index (χ1) is 7.25. The van der Waals surface area contributed by atoms with Crippen LogP contribution in [0.3, 0.4) is 0 Å². The molecule has 0 aliphatic carbocycles. The number of hydrogen-bond acceptors (Lipinski definition) is 4. The molecular formula is C9H9N3O2S. The molecule has 2 N–H and O–H groups in total. The van der Waals surface area contributed by atoms with Crippen LogP contribution in [0, 0.1) is 0 Å². The van der Waals surface area contributed by atoms with Crippen molar-refractivity contribution in [2.24, 2.45) is 0 Å². The van der Waals surface area contributed by atoms with Gasteiger partial charge in [0, 0.05) is 5.69 Å². The number of imide groups is 1. The summed E-state index contributed by atoms with van der Waals surface area (Å²) in [5.41, 5.74) is 0.884. The number of carbonyl (C=O) groups is 2. The van der Waals surface area contributed by atoms with Crippen LogP contribution in [0.1, 0.15) is 0 Å². The minimum absolute atomic E-state index is 0.0866. The lowest BCUT2D eigenvalue weighted by atomic mass is 10.3. The summed E-state index contributed by atoms with van der Waals surface area (Å²) in [7, 11) is 0. The summed E-state index contributed by atoms with van der Waals surface area (Å²) in [4.78, 5) is 22.0. The smallest absolute Gasteiger partial charge is 0.312 e. The molecule has 0 spiro atoms. The molecule has 0 unspecified atom stereocenters. The minimum atomic E-state index is -0.381. The number of amides is 3. The molecule has 1 aromatic rings. The number of rotatable bonds is 3. The van der Waals surface area contributed by atoms with E-state index in [-0.39, 0.29) is 18.5 Å². The molecule has 2 rings (SSSR count). The van der Waals surface area contributed by atoms with Gasteiger partial charge in [-0.05, 0) is 12.1 Å². The van der Waals surface area contributed by atoms with Crippen molar-refractivity contribution in [3.8, 4) is 0 Å². The van der Waals surface area contributed by atoms with Crippen LogP contribution in [-0.2, 0) is 4.79 Å². The summed E-state index contributed by atoms with van der Waals surface area (Å²) in [5.74, 6) is -0.276. The first kappa shape index (κ1) is 9.85. The standard InChI is InChI=1S/C9H9N3O2S/c13-8-6-12(9(14)10-8)15-11-7-4-2-1-3-5-7/h1-5,11H,6H2,(H,10,13,14). The largest absolute Gasteiger partial charge is 0.335 e. The molecule has 0 aromatic heterocycles. The zero-order chi connectivity index (χ0) is 10.7. The van der Waals surface area contributed by atoms with Gasteiger partial charge in [-0.2, -0.15) is 0 Å². The molecule has 1 heterocycles. The molecule has 15 heavy (non-hydrogen) atoms. The van der Waals surface area contributed by atoms with Crippen molar-refractivity contribution in [2.75, 3.05) is 11.3 Å². The van der Waals surface area contributed by atoms with E-state index in [1.54, 1.807) is 0 Å². The van der Waals surface area contributed by atoms with E-state index in [9.17, 15) is 9.59 Å². The summed E-state index contributed by atoms with van der Waals surface area (Å²) < 4.78 is 4.30. The predicted molar refractivity (Wildman–Crippen MR) is 57.9 cm³/mol. The Hall–Kier alpha value is -1.69. The highest BCUT2D eigenvalue weighted by molar-refractivity contribution is 7.98. The van der Waals surface area contributed by atoms with E-state index in [1.807, 2.05) is 30.3 Å². The summed E-state index contributed by atoms with van der Waals surface area (Å²) in [6.07, 6.45) is 0. The van der Waals surface area contributed by atoms with Gasteiger partial charge in [-0.1, -0.05) is 18.2 Å². The third kappa shape index (κ3) is 2.41. The van der Waals surface area contributed by atoms with Gasteiger partial charge in [0.05, 0.1) is 12.1 Å². The number of benzene rings is 1. The molecule has 0 bridgehead atoms. The minimum Gasteiger partial charge on any atom is -0.312 e. The Bertz CT molecular complexity index is 382. The monoisotopic (exact) mass is 223 g/mol. The van der Waals surface area contributed by atoms with Crippen molar-refractivity contribution < 1.29 is 9.59 Å². The number of anilines is 1. The van der Waals surface area contributed by atoms with Gasteiger partial charge in [-0.25, -0.2) is 9.10 Å². The normalized spacial score (nSPS) is 15.3. The van der Waals surface area contributed by atoms with Crippen LogP contribution in [0.5, 0.6) is 0 Å². The molecule has 1 aromatic carbocycles. The maximum atomic E-state index is 11.1. The Morgan fingerprint density at radius 3 is 2.60 bits per heavy atom. The zero-order valence-corrected chi connectivity index (χ0v) is 8.58. The van der Waals surface area contributed by atoms with Gasteiger partial charge in [0.15, 0.2) is 0 Å². The van der Waals surface area contributed by atoms with Crippen LogP contribution in [0.2, 0.25) is 0 Å². The highest BCUT2D eigenvalue weighted by atomic mass is 32.2. The highest BCUT2D eigenvalue weighted by Gasteiger charge is 2.27. The van der Waals surface area contributed by atoms with Crippen molar-refractivity contribution in [3.63, 3.8) is 0 Å². The molecule has 0 saturated carbocycles. The van der Waals surface area contributed by atoms with Gasteiger partial charge < -0.3 is 4.72 Å². The van der Waals surface area contributed by atoms with E-state index in [0.717, 1.165) is 17.8 Å². The Balaban J connectivity index is 1.89. The molecule has 5 nitrogen and oxygen atoms in total. The molecular weight excluding hydrogens is 214 g/mol. The van der Waals surface area contributed by atoms with Crippen LogP contribution in [0.15, 0.2) is 30.3 Å². The highest BCUT2D eigenvalue weighted by Crippen LogP contribution is 2.17. The number of urea groups is 1. The first-order valence-electron chi connectivity index (χ1n) is 4.35. The second kappa shape index (κ2) is 4.22. The van der Waals surface area contributed by atoms with Crippen molar-refractivity contribution in [3.05, 3.63) is 30.3 Å². The summed E-state index contributed by atoms with van der Waals surface area (Å²) in [6.45, 7) is 0.0866. The lowest BCUT2D eigenvalue weighted by Crippen LogP contribution is -2.23. The van der Waals surface area contributed by atoms with Crippen molar-refractivity contribution in [2.45, 2.75) is 0 Å². The molecule has 0 radical (unpaired) electrons. The van der Waals surface area contributed by atoms with E-state index in [1.165, 1.54) is 4.31 Å². The van der Waals surface area contributed by atoms with Crippen LogP contribution in [0.25, 0.3) is 0 Å². The fraction of sp³-hybridized carbons (Fsp3) is 0.111. The van der Waals surface area contributed by atoms with Gasteiger partial charge >= 0.3 is 6.03 Å². The quantitative estimate of drug-likeness (QED) is 0.597. The zero-order valence-electron chi connectivity index (χ0n) is 7.77. The number of nitrogens with one attached hydrogen (secondary N) is 2. The van der Waals surface area contributed by atoms with Gasteiger partial charge in [0.1, 0.15) is 6.54 Å². The number of carbonyl (C=O) groups excluding carboxylic acids is 2. The van der Waals surface area contributed by atoms with E-state index >= 15 is 0 Å². The van der Waals surface area contributed by atoms with Crippen molar-refractivity contribution in [1.82, 2.24) is 9.62 Å². The number of hydrogen-bond donors (Lipinski definition) is 2. The third-order valence-corrected chi connectivity index (χ3v) is 2.65. The maximum Gasteiger partial charge on any atom is 0.335 e.